The largest absolute Gasteiger partial charge is 0.375 e. The Balaban J connectivity index is 1.73. The minimum absolute atomic E-state index is 0.0721. The fourth-order valence-corrected chi connectivity index (χ4v) is 3.29. The number of anilines is 2. The van der Waals surface area contributed by atoms with Crippen LogP contribution in [0.1, 0.15) is 12.5 Å². The van der Waals surface area contributed by atoms with Crippen molar-refractivity contribution in [2.75, 3.05) is 36.4 Å². The summed E-state index contributed by atoms with van der Waals surface area (Å²) < 4.78 is 0. The summed E-state index contributed by atoms with van der Waals surface area (Å²) in [5, 5.41) is 14.6. The molecule has 1 atom stereocenters. The maximum Gasteiger partial charge on any atom is 0.292 e. The average Bonchev–Trinajstić information content (AvgIpc) is 2.72. The zero-order valence-electron chi connectivity index (χ0n) is 15.4. The zero-order valence-corrected chi connectivity index (χ0v) is 15.4. The predicted octanol–water partition coefficient (Wildman–Crippen LogP) is 2.92. The number of benzene rings is 2. The van der Waals surface area contributed by atoms with Gasteiger partial charge in [0.2, 0.25) is 0 Å². The molecule has 3 rings (SSSR count). The van der Waals surface area contributed by atoms with Crippen LogP contribution < -0.4 is 10.2 Å². The van der Waals surface area contributed by atoms with Gasteiger partial charge in [0, 0.05) is 44.5 Å². The molecule has 1 saturated heterocycles. The number of nitro groups is 1. The fraction of sp³-hybridized carbons (Fsp3) is 0.350. The number of hydrogen-bond acceptors (Lipinski definition) is 6. The molecule has 0 saturated carbocycles. The first-order chi connectivity index (χ1) is 13.1. The van der Waals surface area contributed by atoms with E-state index in [2.05, 4.69) is 15.1 Å². The van der Waals surface area contributed by atoms with Crippen LogP contribution in [0.25, 0.3) is 0 Å². The number of carbonyl (C=O) groups is 1. The van der Waals surface area contributed by atoms with Crippen molar-refractivity contribution in [1.82, 2.24) is 4.90 Å². The van der Waals surface area contributed by atoms with E-state index in [0.717, 1.165) is 43.7 Å². The normalized spacial score (nSPS) is 16.0. The van der Waals surface area contributed by atoms with Gasteiger partial charge >= 0.3 is 0 Å². The van der Waals surface area contributed by atoms with Gasteiger partial charge in [-0.05, 0) is 24.6 Å². The Morgan fingerprint density at radius 1 is 1.15 bits per heavy atom. The van der Waals surface area contributed by atoms with E-state index in [1.807, 2.05) is 43.3 Å². The second kappa shape index (κ2) is 8.64. The first-order valence-corrected chi connectivity index (χ1v) is 9.09. The van der Waals surface area contributed by atoms with Gasteiger partial charge in [0.15, 0.2) is 0 Å². The van der Waals surface area contributed by atoms with Crippen molar-refractivity contribution in [2.45, 2.75) is 19.5 Å². The van der Waals surface area contributed by atoms with Gasteiger partial charge in [-0.1, -0.05) is 30.3 Å². The summed E-state index contributed by atoms with van der Waals surface area (Å²) in [6.07, 6.45) is 0.965. The van der Waals surface area contributed by atoms with E-state index in [1.165, 1.54) is 0 Å². The van der Waals surface area contributed by atoms with E-state index < -0.39 is 0 Å². The maximum absolute atomic E-state index is 11.4. The van der Waals surface area contributed by atoms with Gasteiger partial charge < -0.3 is 15.0 Å². The fourth-order valence-electron chi connectivity index (χ4n) is 3.29. The molecule has 142 valence electrons. The molecule has 0 spiro atoms. The molecule has 0 bridgehead atoms. The lowest BCUT2D eigenvalue weighted by Gasteiger charge is -2.37. The second-order valence-corrected chi connectivity index (χ2v) is 6.70. The molecule has 0 aliphatic carbocycles. The maximum atomic E-state index is 11.4. The molecule has 2 aromatic carbocycles. The molecule has 1 aliphatic heterocycles. The lowest BCUT2D eigenvalue weighted by atomic mass is 10.1. The molecule has 0 amide bonds. The van der Waals surface area contributed by atoms with Gasteiger partial charge in [0.05, 0.1) is 11.0 Å². The summed E-state index contributed by atoms with van der Waals surface area (Å²) in [4.78, 5) is 26.3. The number of nitro benzene ring substituents is 1. The van der Waals surface area contributed by atoms with Crippen molar-refractivity contribution in [3.8, 4) is 0 Å². The molecule has 1 aliphatic rings. The highest BCUT2D eigenvalue weighted by Gasteiger charge is 2.22. The highest BCUT2D eigenvalue weighted by atomic mass is 16.6. The van der Waals surface area contributed by atoms with Gasteiger partial charge in [-0.3, -0.25) is 15.0 Å². The first kappa shape index (κ1) is 18.8. The van der Waals surface area contributed by atoms with Crippen molar-refractivity contribution >= 4 is 23.3 Å². The molecule has 1 N–H and O–H groups in total. The molecule has 1 unspecified atom stereocenters. The highest BCUT2D eigenvalue weighted by molar-refractivity contribution is 5.69. The summed E-state index contributed by atoms with van der Waals surface area (Å²) in [5.74, 6) is 0. The van der Waals surface area contributed by atoms with Crippen LogP contribution in [0.2, 0.25) is 0 Å². The molecular weight excluding hydrogens is 344 g/mol. The molecule has 7 nitrogen and oxygen atoms in total. The number of rotatable bonds is 7. The SMILES string of the molecule is CC(C=O)N1CCN(c2ccc([N+](=O)[O-])c(NCc3ccccc3)c2)CC1. The molecule has 0 radical (unpaired) electrons. The third-order valence-electron chi connectivity index (χ3n) is 4.95. The number of nitrogens with zero attached hydrogens (tertiary/aromatic N) is 3. The van der Waals surface area contributed by atoms with Gasteiger partial charge in [0.1, 0.15) is 12.0 Å². The van der Waals surface area contributed by atoms with Crippen LogP contribution in [0.15, 0.2) is 48.5 Å². The Morgan fingerprint density at radius 3 is 2.48 bits per heavy atom. The van der Waals surface area contributed by atoms with Crippen LogP contribution in [0.3, 0.4) is 0 Å². The Labute approximate surface area is 158 Å². The van der Waals surface area contributed by atoms with Crippen molar-refractivity contribution in [3.63, 3.8) is 0 Å². The Bertz CT molecular complexity index is 789. The molecular formula is C20H24N4O3. The molecule has 27 heavy (non-hydrogen) atoms. The summed E-state index contributed by atoms with van der Waals surface area (Å²) in [5.41, 5.74) is 2.61. The average molecular weight is 368 g/mol. The van der Waals surface area contributed by atoms with E-state index in [0.29, 0.717) is 12.2 Å². The van der Waals surface area contributed by atoms with Crippen LogP contribution in [0, 0.1) is 10.1 Å². The quantitative estimate of drug-likeness (QED) is 0.460. The molecule has 1 fully saturated rings. The van der Waals surface area contributed by atoms with Crippen LogP contribution in [0.4, 0.5) is 17.1 Å². The number of hydrogen-bond donors (Lipinski definition) is 1. The minimum atomic E-state index is -0.360. The van der Waals surface area contributed by atoms with Crippen LogP contribution in [-0.4, -0.2) is 48.3 Å². The number of carbonyl (C=O) groups excluding carboxylic acids is 1. The minimum Gasteiger partial charge on any atom is -0.375 e. The Hall–Kier alpha value is -2.93. The first-order valence-electron chi connectivity index (χ1n) is 9.09. The van der Waals surface area contributed by atoms with Crippen LogP contribution >= 0.6 is 0 Å². The second-order valence-electron chi connectivity index (χ2n) is 6.70. The number of piperazine rings is 1. The third-order valence-corrected chi connectivity index (χ3v) is 4.95. The van der Waals surface area contributed by atoms with Crippen molar-refractivity contribution in [3.05, 3.63) is 64.2 Å². The van der Waals surface area contributed by atoms with Gasteiger partial charge in [-0.2, -0.15) is 0 Å². The summed E-state index contributed by atoms with van der Waals surface area (Å²) >= 11 is 0. The lowest BCUT2D eigenvalue weighted by Crippen LogP contribution is -2.50. The van der Waals surface area contributed by atoms with Gasteiger partial charge in [-0.15, -0.1) is 0 Å². The number of aldehydes is 1. The highest BCUT2D eigenvalue weighted by Crippen LogP contribution is 2.30. The molecule has 7 heteroatoms. The monoisotopic (exact) mass is 368 g/mol. The Kier molecular flexibility index (Phi) is 6.03. The molecule has 0 aromatic heterocycles. The standard InChI is InChI=1S/C20H24N4O3/c1-16(15-25)22-9-11-23(12-10-22)18-7-8-20(24(26)27)19(13-18)21-14-17-5-3-2-4-6-17/h2-8,13,15-16,21H,9-12,14H2,1H3. The Morgan fingerprint density at radius 2 is 1.85 bits per heavy atom. The van der Waals surface area contributed by atoms with E-state index in [1.54, 1.807) is 12.1 Å². The van der Waals surface area contributed by atoms with E-state index in [9.17, 15) is 14.9 Å². The zero-order chi connectivity index (χ0) is 19.2. The number of nitrogens with one attached hydrogen (secondary N) is 1. The van der Waals surface area contributed by atoms with E-state index >= 15 is 0 Å². The van der Waals surface area contributed by atoms with Crippen molar-refractivity contribution in [1.29, 1.82) is 0 Å². The van der Waals surface area contributed by atoms with Crippen molar-refractivity contribution in [2.24, 2.45) is 0 Å². The van der Waals surface area contributed by atoms with Gasteiger partial charge in [0.25, 0.3) is 5.69 Å². The summed E-state index contributed by atoms with van der Waals surface area (Å²) in [6.45, 7) is 5.59. The third kappa shape index (κ3) is 4.62. The van der Waals surface area contributed by atoms with E-state index in [-0.39, 0.29) is 16.7 Å². The topological polar surface area (TPSA) is 78.7 Å². The summed E-state index contributed by atoms with van der Waals surface area (Å²) in [6, 6.07) is 14.9. The van der Waals surface area contributed by atoms with E-state index in [4.69, 9.17) is 0 Å². The molecule has 2 aromatic rings. The molecule has 1 heterocycles. The predicted molar refractivity (Wildman–Crippen MR) is 106 cm³/mol. The summed E-state index contributed by atoms with van der Waals surface area (Å²) in [7, 11) is 0. The van der Waals surface area contributed by atoms with Gasteiger partial charge in [-0.25, -0.2) is 0 Å². The van der Waals surface area contributed by atoms with Crippen LogP contribution in [-0.2, 0) is 11.3 Å². The van der Waals surface area contributed by atoms with Crippen LogP contribution in [0.5, 0.6) is 0 Å². The lowest BCUT2D eigenvalue weighted by molar-refractivity contribution is -0.384. The smallest absolute Gasteiger partial charge is 0.292 e. The van der Waals surface area contributed by atoms with Crippen molar-refractivity contribution < 1.29 is 9.72 Å².